The van der Waals surface area contributed by atoms with Gasteiger partial charge in [0.05, 0.1) is 0 Å². The molecule has 2 aromatic rings. The molecule has 0 atom stereocenters. The Hall–Kier alpha value is -1.56. The minimum atomic E-state index is 0.0735. The second kappa shape index (κ2) is 6.05. The molecule has 3 N–H and O–H groups in total. The fraction of sp³-hybridized carbons (Fsp3) is 0.267. The van der Waals surface area contributed by atoms with Crippen LogP contribution in [0.25, 0.3) is 0 Å². The number of thiophene rings is 1. The molecular weight excluding hydrogens is 306 g/mol. The van der Waals surface area contributed by atoms with Gasteiger partial charge in [0.25, 0.3) is 0 Å². The van der Waals surface area contributed by atoms with E-state index < -0.39 is 0 Å². The average Bonchev–Trinajstić information content (AvgIpc) is 2.96. The third-order valence-electron chi connectivity index (χ3n) is 3.74. The van der Waals surface area contributed by atoms with Gasteiger partial charge in [0, 0.05) is 35.1 Å². The molecule has 0 aliphatic carbocycles. The van der Waals surface area contributed by atoms with Gasteiger partial charge in [-0.25, -0.2) is 0 Å². The molecule has 1 aliphatic heterocycles. The van der Waals surface area contributed by atoms with Gasteiger partial charge in [0.15, 0.2) is 5.84 Å². The van der Waals surface area contributed by atoms with Gasteiger partial charge in [-0.1, -0.05) is 28.9 Å². The molecule has 1 aromatic carbocycles. The lowest BCUT2D eigenvalue weighted by atomic mass is 10.1. The predicted molar refractivity (Wildman–Crippen MR) is 86.1 cm³/mol. The number of nitrogens with zero attached hydrogens (tertiary/aromatic N) is 2. The van der Waals surface area contributed by atoms with Crippen LogP contribution in [0.4, 0.5) is 0 Å². The maximum atomic E-state index is 8.69. The highest BCUT2D eigenvalue weighted by atomic mass is 35.5. The normalized spacial score (nSPS) is 16.0. The Balaban J connectivity index is 1.74. The molecule has 1 aromatic heterocycles. The Morgan fingerprint density at radius 1 is 1.43 bits per heavy atom. The zero-order chi connectivity index (χ0) is 14.8. The van der Waals surface area contributed by atoms with E-state index in [0.717, 1.165) is 31.6 Å². The van der Waals surface area contributed by atoms with Crippen LogP contribution in [0.1, 0.15) is 21.6 Å². The summed E-state index contributed by atoms with van der Waals surface area (Å²) in [4.78, 5) is 3.89. The van der Waals surface area contributed by atoms with Gasteiger partial charge in [-0.05, 0) is 35.1 Å². The van der Waals surface area contributed by atoms with Gasteiger partial charge in [0.2, 0.25) is 0 Å². The lowest BCUT2D eigenvalue weighted by molar-refractivity contribution is 0.247. The zero-order valence-electron chi connectivity index (χ0n) is 11.4. The Bertz CT molecular complexity index is 683. The number of rotatable bonds is 3. The highest BCUT2D eigenvalue weighted by molar-refractivity contribution is 7.10. The first kappa shape index (κ1) is 14.4. The molecule has 0 saturated carbocycles. The smallest absolute Gasteiger partial charge is 0.170 e. The summed E-state index contributed by atoms with van der Waals surface area (Å²) in [5.41, 5.74) is 8.69. The number of fused-ring (bicyclic) bond motifs is 1. The van der Waals surface area contributed by atoms with Crippen molar-refractivity contribution in [3.8, 4) is 0 Å². The maximum Gasteiger partial charge on any atom is 0.170 e. The molecular formula is C15H16ClN3OS. The Kier molecular flexibility index (Phi) is 4.14. The fourth-order valence-electron chi connectivity index (χ4n) is 2.58. The van der Waals surface area contributed by atoms with E-state index in [9.17, 15) is 0 Å². The number of hydrogen-bond acceptors (Lipinski definition) is 4. The van der Waals surface area contributed by atoms with Crippen LogP contribution in [-0.2, 0) is 19.5 Å². The second-order valence-electron chi connectivity index (χ2n) is 5.12. The van der Waals surface area contributed by atoms with Gasteiger partial charge in [-0.15, -0.1) is 11.3 Å². The van der Waals surface area contributed by atoms with E-state index in [0.29, 0.717) is 10.6 Å². The Morgan fingerprint density at radius 3 is 3.05 bits per heavy atom. The number of nitrogens with two attached hydrogens (primary N) is 1. The highest BCUT2D eigenvalue weighted by Crippen LogP contribution is 2.26. The van der Waals surface area contributed by atoms with Crippen molar-refractivity contribution in [2.45, 2.75) is 19.5 Å². The zero-order valence-corrected chi connectivity index (χ0v) is 13.0. The summed E-state index contributed by atoms with van der Waals surface area (Å²) >= 11 is 8.15. The second-order valence-corrected chi connectivity index (χ2v) is 6.53. The molecule has 3 rings (SSSR count). The molecule has 0 spiro atoms. The highest BCUT2D eigenvalue weighted by Gasteiger charge is 2.18. The number of halogens is 1. The SMILES string of the molecule is N/C(=N/O)c1ccc(CN2CCc3sccc3C2)c(Cl)c1. The molecule has 0 amide bonds. The topological polar surface area (TPSA) is 61.9 Å². The summed E-state index contributed by atoms with van der Waals surface area (Å²) in [5.74, 6) is 0.0735. The molecule has 0 unspecified atom stereocenters. The van der Waals surface area contributed by atoms with Gasteiger partial charge in [-0.3, -0.25) is 4.90 Å². The van der Waals surface area contributed by atoms with E-state index >= 15 is 0 Å². The van der Waals surface area contributed by atoms with Crippen molar-refractivity contribution in [2.24, 2.45) is 10.9 Å². The fourth-order valence-corrected chi connectivity index (χ4v) is 3.71. The number of hydrogen-bond donors (Lipinski definition) is 2. The van der Waals surface area contributed by atoms with Crippen molar-refractivity contribution in [3.05, 3.63) is 56.2 Å². The lowest BCUT2D eigenvalue weighted by Gasteiger charge is -2.27. The third-order valence-corrected chi connectivity index (χ3v) is 5.11. The van der Waals surface area contributed by atoms with Crippen LogP contribution in [0.15, 0.2) is 34.8 Å². The van der Waals surface area contributed by atoms with Gasteiger partial charge in [0.1, 0.15) is 0 Å². The molecule has 0 bridgehead atoms. The average molecular weight is 322 g/mol. The van der Waals surface area contributed by atoms with Gasteiger partial charge >= 0.3 is 0 Å². The van der Waals surface area contributed by atoms with Crippen LogP contribution in [0.3, 0.4) is 0 Å². The molecule has 0 fully saturated rings. The number of benzene rings is 1. The quantitative estimate of drug-likeness (QED) is 0.395. The number of amidine groups is 1. The molecule has 1 aliphatic rings. The van der Waals surface area contributed by atoms with Gasteiger partial charge in [-0.2, -0.15) is 0 Å². The molecule has 0 radical (unpaired) electrons. The standard InChI is InChI=1S/C15H16ClN3OS/c16-13-7-10(15(17)18-20)1-2-11(13)8-19-5-3-14-12(9-19)4-6-21-14/h1-2,4,6-7,20H,3,5,8-9H2,(H2,17,18). The summed E-state index contributed by atoms with van der Waals surface area (Å²) in [7, 11) is 0. The maximum absolute atomic E-state index is 8.69. The van der Waals surface area contributed by atoms with Crippen molar-refractivity contribution in [2.75, 3.05) is 6.54 Å². The van der Waals surface area contributed by atoms with Crippen LogP contribution in [-0.4, -0.2) is 22.5 Å². The summed E-state index contributed by atoms with van der Waals surface area (Å²) in [6.07, 6.45) is 1.10. The summed E-state index contributed by atoms with van der Waals surface area (Å²) in [6.45, 7) is 2.83. The first-order valence-electron chi connectivity index (χ1n) is 6.71. The third kappa shape index (κ3) is 3.05. The van der Waals surface area contributed by atoms with E-state index in [1.165, 1.54) is 10.4 Å². The largest absolute Gasteiger partial charge is 0.409 e. The monoisotopic (exact) mass is 321 g/mol. The van der Waals surface area contributed by atoms with E-state index in [2.05, 4.69) is 21.5 Å². The van der Waals surface area contributed by atoms with Crippen LogP contribution in [0, 0.1) is 0 Å². The van der Waals surface area contributed by atoms with Crippen LogP contribution in [0.5, 0.6) is 0 Å². The van der Waals surface area contributed by atoms with E-state index in [1.807, 2.05) is 23.5 Å². The summed E-state index contributed by atoms with van der Waals surface area (Å²) in [5, 5.41) is 14.5. The molecule has 0 saturated heterocycles. The molecule has 6 heteroatoms. The minimum absolute atomic E-state index is 0.0735. The van der Waals surface area contributed by atoms with E-state index in [-0.39, 0.29) is 5.84 Å². The predicted octanol–water partition coefficient (Wildman–Crippen LogP) is 3.05. The molecule has 2 heterocycles. The first-order chi connectivity index (χ1) is 10.2. The first-order valence-corrected chi connectivity index (χ1v) is 7.97. The van der Waals surface area contributed by atoms with Crippen molar-refractivity contribution in [1.29, 1.82) is 0 Å². The molecule has 110 valence electrons. The summed E-state index contributed by atoms with van der Waals surface area (Å²) < 4.78 is 0. The van der Waals surface area contributed by atoms with E-state index in [4.69, 9.17) is 22.5 Å². The van der Waals surface area contributed by atoms with Crippen molar-refractivity contribution >= 4 is 28.8 Å². The van der Waals surface area contributed by atoms with Crippen molar-refractivity contribution in [3.63, 3.8) is 0 Å². The molecule has 4 nitrogen and oxygen atoms in total. The van der Waals surface area contributed by atoms with Crippen LogP contribution < -0.4 is 5.73 Å². The van der Waals surface area contributed by atoms with Crippen molar-refractivity contribution in [1.82, 2.24) is 4.90 Å². The Morgan fingerprint density at radius 2 is 2.29 bits per heavy atom. The summed E-state index contributed by atoms with van der Waals surface area (Å²) in [6, 6.07) is 7.72. The van der Waals surface area contributed by atoms with Crippen LogP contribution in [0.2, 0.25) is 5.02 Å². The molecule has 21 heavy (non-hydrogen) atoms. The minimum Gasteiger partial charge on any atom is -0.409 e. The van der Waals surface area contributed by atoms with E-state index in [1.54, 1.807) is 6.07 Å². The van der Waals surface area contributed by atoms with Crippen molar-refractivity contribution < 1.29 is 5.21 Å². The van der Waals surface area contributed by atoms with Crippen LogP contribution >= 0.6 is 22.9 Å². The lowest BCUT2D eigenvalue weighted by Crippen LogP contribution is -2.29. The number of oxime groups is 1. The van der Waals surface area contributed by atoms with Gasteiger partial charge < -0.3 is 10.9 Å². The Labute approximate surface area is 132 Å².